The van der Waals surface area contributed by atoms with E-state index in [0.29, 0.717) is 22.5 Å². The molecule has 1 aromatic heterocycles. The molecule has 0 aliphatic carbocycles. The van der Waals surface area contributed by atoms with Gasteiger partial charge in [-0.15, -0.1) is 0 Å². The van der Waals surface area contributed by atoms with E-state index in [1.54, 1.807) is 49.5 Å². The van der Waals surface area contributed by atoms with Crippen LogP contribution in [0.5, 0.6) is 5.75 Å². The van der Waals surface area contributed by atoms with Crippen LogP contribution in [0.15, 0.2) is 53.5 Å². The molecule has 136 valence electrons. The Morgan fingerprint density at radius 2 is 2.07 bits per heavy atom. The summed E-state index contributed by atoms with van der Waals surface area (Å²) in [5.41, 5.74) is 0.631. The Kier molecular flexibility index (Phi) is 4.08. The van der Waals surface area contributed by atoms with Crippen LogP contribution in [-0.4, -0.2) is 27.7 Å². The van der Waals surface area contributed by atoms with Gasteiger partial charge in [0.05, 0.1) is 17.3 Å². The molecule has 0 fully saturated rings. The van der Waals surface area contributed by atoms with Gasteiger partial charge in [0.2, 0.25) is 5.91 Å². The molecule has 1 unspecified atom stereocenters. The summed E-state index contributed by atoms with van der Waals surface area (Å²) in [6, 6.07) is 12.0. The fourth-order valence-corrected chi connectivity index (χ4v) is 2.86. The molecule has 8 heteroatoms. The number of ether oxygens (including phenoxy) is 1. The fourth-order valence-electron chi connectivity index (χ4n) is 2.86. The summed E-state index contributed by atoms with van der Waals surface area (Å²) < 4.78 is 6.59. The first-order valence-electron chi connectivity index (χ1n) is 8.37. The molecule has 2 aromatic carbocycles. The number of carbonyl (C=O) groups excluding carboxylic acids is 2. The quantitative estimate of drug-likeness (QED) is 0.737. The summed E-state index contributed by atoms with van der Waals surface area (Å²) in [5.74, 6) is -0.123. The zero-order valence-corrected chi connectivity index (χ0v) is 14.4. The van der Waals surface area contributed by atoms with Gasteiger partial charge in [0, 0.05) is 11.1 Å². The van der Waals surface area contributed by atoms with Crippen LogP contribution in [0, 0.1) is 0 Å². The average Bonchev–Trinajstić information content (AvgIpc) is 2.65. The van der Waals surface area contributed by atoms with E-state index in [1.165, 1.54) is 0 Å². The van der Waals surface area contributed by atoms with Crippen LogP contribution in [0.4, 0.5) is 11.4 Å². The van der Waals surface area contributed by atoms with Crippen LogP contribution < -0.4 is 20.9 Å². The summed E-state index contributed by atoms with van der Waals surface area (Å²) in [6.07, 6.45) is 0.987. The number of rotatable bonds is 3. The van der Waals surface area contributed by atoms with Crippen LogP contribution >= 0.6 is 0 Å². The van der Waals surface area contributed by atoms with Crippen molar-refractivity contribution in [2.24, 2.45) is 0 Å². The molecule has 1 aliphatic heterocycles. The van der Waals surface area contributed by atoms with Crippen molar-refractivity contribution in [3.63, 3.8) is 0 Å². The molecule has 0 radical (unpaired) electrons. The molecule has 0 spiro atoms. The van der Waals surface area contributed by atoms with Crippen LogP contribution in [0.2, 0.25) is 0 Å². The molecule has 3 aromatic rings. The molecule has 2 amide bonds. The van der Waals surface area contributed by atoms with E-state index in [9.17, 15) is 14.4 Å². The maximum absolute atomic E-state index is 12.4. The number of hydrogen-bond donors (Lipinski definition) is 2. The number of carbonyl (C=O) groups is 2. The Morgan fingerprint density at radius 3 is 2.93 bits per heavy atom. The molecule has 2 heterocycles. The molecule has 0 bridgehead atoms. The van der Waals surface area contributed by atoms with Gasteiger partial charge in [0.1, 0.15) is 12.3 Å². The van der Waals surface area contributed by atoms with E-state index in [1.807, 2.05) is 6.07 Å². The van der Waals surface area contributed by atoms with Gasteiger partial charge in [-0.05, 0) is 31.2 Å². The van der Waals surface area contributed by atoms with Gasteiger partial charge in [-0.1, -0.05) is 18.2 Å². The number of anilines is 2. The molecule has 1 aliphatic rings. The van der Waals surface area contributed by atoms with E-state index < -0.39 is 12.0 Å². The summed E-state index contributed by atoms with van der Waals surface area (Å²) >= 11 is 0. The lowest BCUT2D eigenvalue weighted by molar-refractivity contribution is -0.122. The Bertz CT molecular complexity index is 1120. The smallest absolute Gasteiger partial charge is 0.275 e. The van der Waals surface area contributed by atoms with E-state index in [2.05, 4.69) is 15.7 Å². The van der Waals surface area contributed by atoms with Crippen molar-refractivity contribution >= 4 is 34.0 Å². The first-order chi connectivity index (χ1) is 13.0. The Balaban J connectivity index is 1.52. The van der Waals surface area contributed by atoms with Gasteiger partial charge in [-0.3, -0.25) is 14.4 Å². The van der Waals surface area contributed by atoms with Gasteiger partial charge in [0.25, 0.3) is 11.5 Å². The Hall–Kier alpha value is -3.68. The van der Waals surface area contributed by atoms with Crippen molar-refractivity contribution in [2.75, 3.05) is 10.6 Å². The van der Waals surface area contributed by atoms with Crippen LogP contribution in [0.3, 0.4) is 0 Å². The monoisotopic (exact) mass is 364 g/mol. The largest absolute Gasteiger partial charge is 0.479 e. The van der Waals surface area contributed by atoms with Gasteiger partial charge < -0.3 is 15.4 Å². The fraction of sp³-hybridized carbons (Fsp3) is 0.158. The summed E-state index contributed by atoms with van der Waals surface area (Å²) in [7, 11) is 0. The maximum atomic E-state index is 12.4. The maximum Gasteiger partial charge on any atom is 0.275 e. The molecular weight excluding hydrogens is 348 g/mol. The molecule has 4 rings (SSSR count). The van der Waals surface area contributed by atoms with Gasteiger partial charge >= 0.3 is 0 Å². The van der Waals surface area contributed by atoms with Crippen LogP contribution in [0.25, 0.3) is 10.8 Å². The second-order valence-corrected chi connectivity index (χ2v) is 6.20. The van der Waals surface area contributed by atoms with Gasteiger partial charge in [-0.25, -0.2) is 4.68 Å². The number of nitrogens with zero attached hydrogens (tertiary/aromatic N) is 2. The number of benzene rings is 2. The van der Waals surface area contributed by atoms with Crippen LogP contribution in [0.1, 0.15) is 6.92 Å². The number of fused-ring (bicyclic) bond motifs is 2. The lowest BCUT2D eigenvalue weighted by atomic mass is 10.2. The minimum absolute atomic E-state index is 0.222. The first-order valence-corrected chi connectivity index (χ1v) is 8.37. The third-order valence-corrected chi connectivity index (χ3v) is 4.25. The van der Waals surface area contributed by atoms with Crippen molar-refractivity contribution in [3.8, 4) is 5.75 Å². The highest BCUT2D eigenvalue weighted by Gasteiger charge is 2.23. The molecule has 8 nitrogen and oxygen atoms in total. The van der Waals surface area contributed by atoms with Crippen molar-refractivity contribution in [1.82, 2.24) is 9.78 Å². The predicted octanol–water partition coefficient (Wildman–Crippen LogP) is 1.75. The van der Waals surface area contributed by atoms with Crippen LogP contribution in [-0.2, 0) is 16.1 Å². The summed E-state index contributed by atoms with van der Waals surface area (Å²) in [4.78, 5) is 36.5. The first kappa shape index (κ1) is 16.8. The normalized spacial score (nSPS) is 15.6. The van der Waals surface area contributed by atoms with E-state index in [-0.39, 0.29) is 18.0 Å². The third kappa shape index (κ3) is 3.24. The van der Waals surface area contributed by atoms with Crippen molar-refractivity contribution < 1.29 is 14.3 Å². The minimum atomic E-state index is -0.566. The molecule has 27 heavy (non-hydrogen) atoms. The average molecular weight is 364 g/mol. The minimum Gasteiger partial charge on any atom is -0.479 e. The lowest BCUT2D eigenvalue weighted by Crippen LogP contribution is -2.34. The summed E-state index contributed by atoms with van der Waals surface area (Å²) in [6.45, 7) is 1.43. The zero-order chi connectivity index (χ0) is 19.0. The Morgan fingerprint density at radius 1 is 1.26 bits per heavy atom. The molecule has 2 N–H and O–H groups in total. The topological polar surface area (TPSA) is 102 Å². The summed E-state index contributed by atoms with van der Waals surface area (Å²) in [5, 5.41) is 10.7. The highest BCUT2D eigenvalue weighted by atomic mass is 16.5. The molecular formula is C19H16N4O4. The van der Waals surface area contributed by atoms with E-state index in [4.69, 9.17) is 4.74 Å². The highest BCUT2D eigenvalue weighted by Crippen LogP contribution is 2.32. The highest BCUT2D eigenvalue weighted by molar-refractivity contribution is 5.99. The molecule has 0 saturated heterocycles. The number of hydrogen-bond acceptors (Lipinski definition) is 5. The van der Waals surface area contributed by atoms with Gasteiger partial charge in [0.15, 0.2) is 6.10 Å². The number of nitrogens with one attached hydrogen (secondary N) is 2. The second-order valence-electron chi connectivity index (χ2n) is 6.20. The number of aromatic nitrogens is 2. The SMILES string of the molecule is CC1Oc2ccc(NC(=O)Cn3ncc4ccccc4c3=O)cc2NC1=O. The predicted molar refractivity (Wildman–Crippen MR) is 99.8 cm³/mol. The van der Waals surface area contributed by atoms with E-state index >= 15 is 0 Å². The van der Waals surface area contributed by atoms with Gasteiger partial charge in [-0.2, -0.15) is 5.10 Å². The second kappa shape index (κ2) is 6.56. The molecule has 1 atom stereocenters. The van der Waals surface area contributed by atoms with Crippen molar-refractivity contribution in [3.05, 3.63) is 59.0 Å². The number of amides is 2. The lowest BCUT2D eigenvalue weighted by Gasteiger charge is -2.23. The molecule has 0 saturated carbocycles. The van der Waals surface area contributed by atoms with Crippen molar-refractivity contribution in [1.29, 1.82) is 0 Å². The zero-order valence-electron chi connectivity index (χ0n) is 14.4. The third-order valence-electron chi connectivity index (χ3n) is 4.25. The van der Waals surface area contributed by atoms with E-state index in [0.717, 1.165) is 10.1 Å². The van der Waals surface area contributed by atoms with Crippen molar-refractivity contribution in [2.45, 2.75) is 19.6 Å². The Labute approximate surface area is 153 Å². The standard InChI is InChI=1S/C19H16N4O4/c1-11-18(25)22-15-8-13(6-7-16(15)27-11)21-17(24)10-23-19(26)14-5-3-2-4-12(14)9-20-23/h2-9,11H,10H2,1H3,(H,21,24)(H,22,25).